The summed E-state index contributed by atoms with van der Waals surface area (Å²) < 4.78 is 10.1. The quantitative estimate of drug-likeness (QED) is 0.729. The number of hydrogen-bond donors (Lipinski definition) is 1. The van der Waals surface area contributed by atoms with E-state index in [0.717, 1.165) is 9.78 Å². The molecule has 4 rings (SSSR count). The highest BCUT2D eigenvalue weighted by Crippen LogP contribution is 2.32. The molecule has 0 radical (unpaired) electrons. The molecule has 1 aliphatic rings. The molecule has 4 heterocycles. The lowest BCUT2D eigenvalue weighted by Crippen LogP contribution is -2.40. The van der Waals surface area contributed by atoms with Crippen LogP contribution < -0.4 is 5.32 Å². The van der Waals surface area contributed by atoms with Crippen LogP contribution in [-0.4, -0.2) is 27.0 Å². The van der Waals surface area contributed by atoms with Gasteiger partial charge in [0.1, 0.15) is 6.26 Å². The summed E-state index contributed by atoms with van der Waals surface area (Å²) in [6.45, 7) is 1.62. The van der Waals surface area contributed by atoms with Crippen molar-refractivity contribution in [3.63, 3.8) is 0 Å². The molecule has 3 aromatic heterocycles. The largest absolute Gasteiger partial charge is 0.472 e. The molecule has 1 fully saturated rings. The Morgan fingerprint density at radius 1 is 1.38 bits per heavy atom. The highest BCUT2D eigenvalue weighted by atomic mass is 32.1. The number of rotatable bonds is 4. The van der Waals surface area contributed by atoms with Crippen molar-refractivity contribution in [3.8, 4) is 11.5 Å². The van der Waals surface area contributed by atoms with Crippen molar-refractivity contribution < 1.29 is 18.5 Å². The number of aromatic nitrogens is 2. The lowest BCUT2D eigenvalue weighted by atomic mass is 10.0. The van der Waals surface area contributed by atoms with Crippen molar-refractivity contribution in [2.45, 2.75) is 19.0 Å². The summed E-state index contributed by atoms with van der Waals surface area (Å²) >= 11 is 1.41. The van der Waals surface area contributed by atoms with Crippen LogP contribution in [0.15, 0.2) is 45.0 Å². The van der Waals surface area contributed by atoms with Gasteiger partial charge in [0.05, 0.1) is 18.4 Å². The zero-order valence-electron chi connectivity index (χ0n) is 12.6. The Kier molecular flexibility index (Phi) is 3.24. The summed E-state index contributed by atoms with van der Waals surface area (Å²) in [7, 11) is 0. The maximum Gasteiger partial charge on any atom is 0.325 e. The van der Waals surface area contributed by atoms with E-state index in [1.165, 1.54) is 23.9 Å². The SMILES string of the molecule is C[C@]1(c2cccs2)NC(=O)N(Cc2noc(-c3ccoc3)n2)C1=O. The van der Waals surface area contributed by atoms with E-state index in [1.807, 2.05) is 17.5 Å². The Morgan fingerprint density at radius 2 is 2.25 bits per heavy atom. The van der Waals surface area contributed by atoms with Gasteiger partial charge in [-0.15, -0.1) is 11.3 Å². The van der Waals surface area contributed by atoms with E-state index in [-0.39, 0.29) is 24.2 Å². The second-order valence-electron chi connectivity index (χ2n) is 5.45. The van der Waals surface area contributed by atoms with Gasteiger partial charge < -0.3 is 14.3 Å². The van der Waals surface area contributed by atoms with Crippen LogP contribution in [0.1, 0.15) is 17.6 Å². The van der Waals surface area contributed by atoms with Gasteiger partial charge in [-0.05, 0) is 24.4 Å². The molecule has 1 saturated heterocycles. The summed E-state index contributed by atoms with van der Waals surface area (Å²) in [5, 5.41) is 8.41. The lowest BCUT2D eigenvalue weighted by Gasteiger charge is -2.19. The molecule has 0 unspecified atom stereocenters. The fourth-order valence-electron chi connectivity index (χ4n) is 2.53. The molecule has 24 heavy (non-hydrogen) atoms. The van der Waals surface area contributed by atoms with E-state index in [0.29, 0.717) is 5.56 Å². The molecule has 0 aromatic carbocycles. The van der Waals surface area contributed by atoms with E-state index in [1.54, 1.807) is 13.0 Å². The monoisotopic (exact) mass is 344 g/mol. The summed E-state index contributed by atoms with van der Waals surface area (Å²) in [6.07, 6.45) is 2.96. The average Bonchev–Trinajstić information content (AvgIpc) is 3.34. The molecule has 0 saturated carbocycles. The van der Waals surface area contributed by atoms with Crippen molar-refractivity contribution in [3.05, 3.63) is 46.8 Å². The second-order valence-corrected chi connectivity index (χ2v) is 6.40. The van der Waals surface area contributed by atoms with Crippen LogP contribution in [0.2, 0.25) is 0 Å². The summed E-state index contributed by atoms with van der Waals surface area (Å²) in [6, 6.07) is 4.85. The molecule has 0 aliphatic carbocycles. The number of nitrogens with zero attached hydrogens (tertiary/aromatic N) is 3. The van der Waals surface area contributed by atoms with Gasteiger partial charge in [-0.2, -0.15) is 4.98 Å². The first kappa shape index (κ1) is 14.6. The number of urea groups is 1. The Hall–Kier alpha value is -2.94. The van der Waals surface area contributed by atoms with E-state index in [4.69, 9.17) is 8.94 Å². The Labute approximate surface area is 140 Å². The van der Waals surface area contributed by atoms with Gasteiger partial charge in [-0.1, -0.05) is 11.2 Å². The van der Waals surface area contributed by atoms with Crippen LogP contribution in [0.5, 0.6) is 0 Å². The minimum absolute atomic E-state index is 0.0625. The van der Waals surface area contributed by atoms with Gasteiger partial charge in [0.2, 0.25) is 0 Å². The van der Waals surface area contributed by atoms with Crippen LogP contribution >= 0.6 is 11.3 Å². The van der Waals surface area contributed by atoms with Gasteiger partial charge >= 0.3 is 6.03 Å². The average molecular weight is 344 g/mol. The number of carbonyl (C=O) groups is 2. The third-order valence-electron chi connectivity index (χ3n) is 3.82. The van der Waals surface area contributed by atoms with E-state index < -0.39 is 11.6 Å². The molecule has 1 aliphatic heterocycles. The third kappa shape index (κ3) is 2.21. The van der Waals surface area contributed by atoms with Crippen molar-refractivity contribution in [1.29, 1.82) is 0 Å². The van der Waals surface area contributed by atoms with Gasteiger partial charge in [-0.3, -0.25) is 9.69 Å². The smallest absolute Gasteiger partial charge is 0.325 e. The van der Waals surface area contributed by atoms with Crippen LogP contribution in [0.3, 0.4) is 0 Å². The molecule has 122 valence electrons. The summed E-state index contributed by atoms with van der Waals surface area (Å²) in [5.74, 6) is 0.168. The van der Waals surface area contributed by atoms with Crippen LogP contribution in [-0.2, 0) is 16.9 Å². The van der Waals surface area contributed by atoms with Crippen LogP contribution in [0.4, 0.5) is 4.79 Å². The zero-order chi connectivity index (χ0) is 16.7. The normalized spacial score (nSPS) is 20.6. The first-order chi connectivity index (χ1) is 11.6. The number of imide groups is 1. The van der Waals surface area contributed by atoms with Gasteiger partial charge in [0, 0.05) is 4.88 Å². The second kappa shape index (κ2) is 5.31. The number of thiophene rings is 1. The molecule has 0 bridgehead atoms. The fourth-order valence-corrected chi connectivity index (χ4v) is 3.37. The van der Waals surface area contributed by atoms with E-state index >= 15 is 0 Å². The molecule has 0 spiro atoms. The molecule has 1 atom stereocenters. The van der Waals surface area contributed by atoms with Gasteiger partial charge in [-0.25, -0.2) is 4.79 Å². The first-order valence-corrected chi connectivity index (χ1v) is 7.99. The lowest BCUT2D eigenvalue weighted by molar-refractivity contribution is -0.131. The molecule has 3 aromatic rings. The van der Waals surface area contributed by atoms with Crippen molar-refractivity contribution in [2.75, 3.05) is 0 Å². The Bertz CT molecular complexity index is 887. The van der Waals surface area contributed by atoms with Crippen LogP contribution in [0.25, 0.3) is 11.5 Å². The molecular weight excluding hydrogens is 332 g/mol. The third-order valence-corrected chi connectivity index (χ3v) is 4.92. The standard InChI is InChI=1S/C15H12N4O4S/c1-15(10-3-2-6-24-10)13(20)19(14(21)17-15)7-11-16-12(23-18-11)9-4-5-22-8-9/h2-6,8H,7H2,1H3,(H,17,21)/t15-/m1/s1. The fraction of sp³-hybridized carbons (Fsp3) is 0.200. The molecule has 9 heteroatoms. The minimum Gasteiger partial charge on any atom is -0.472 e. The zero-order valence-corrected chi connectivity index (χ0v) is 13.4. The van der Waals surface area contributed by atoms with Gasteiger partial charge in [0.15, 0.2) is 11.4 Å². The molecule has 3 amide bonds. The maximum atomic E-state index is 12.7. The number of carbonyl (C=O) groups excluding carboxylic acids is 2. The Morgan fingerprint density at radius 3 is 2.96 bits per heavy atom. The number of hydrogen-bond acceptors (Lipinski definition) is 7. The van der Waals surface area contributed by atoms with Crippen molar-refractivity contribution in [1.82, 2.24) is 20.4 Å². The first-order valence-electron chi connectivity index (χ1n) is 7.11. The predicted octanol–water partition coefficient (Wildman–Crippen LogP) is 2.36. The van der Waals surface area contributed by atoms with Crippen molar-refractivity contribution >= 4 is 23.3 Å². The van der Waals surface area contributed by atoms with Crippen molar-refractivity contribution in [2.24, 2.45) is 0 Å². The summed E-state index contributed by atoms with van der Waals surface area (Å²) in [5.41, 5.74) is -0.433. The summed E-state index contributed by atoms with van der Waals surface area (Å²) in [4.78, 5) is 31.0. The maximum absolute atomic E-state index is 12.7. The number of nitrogens with one attached hydrogen (secondary N) is 1. The highest BCUT2D eigenvalue weighted by molar-refractivity contribution is 7.10. The van der Waals surface area contributed by atoms with Gasteiger partial charge in [0.25, 0.3) is 11.8 Å². The predicted molar refractivity (Wildman–Crippen MR) is 82.8 cm³/mol. The Balaban J connectivity index is 1.57. The number of amides is 3. The topological polar surface area (TPSA) is 101 Å². The van der Waals surface area contributed by atoms with E-state index in [2.05, 4.69) is 15.5 Å². The number of furan rings is 1. The highest BCUT2D eigenvalue weighted by Gasteiger charge is 2.49. The minimum atomic E-state index is -1.07. The van der Waals surface area contributed by atoms with E-state index in [9.17, 15) is 9.59 Å². The molecule has 1 N–H and O–H groups in total. The van der Waals surface area contributed by atoms with Crippen LogP contribution in [0, 0.1) is 0 Å². The molecular formula is C15H12N4O4S. The molecule has 8 nitrogen and oxygen atoms in total.